The van der Waals surface area contributed by atoms with Gasteiger partial charge in [0.15, 0.2) is 0 Å². The summed E-state index contributed by atoms with van der Waals surface area (Å²) in [6.45, 7) is 4.82. The molecule has 0 fully saturated rings. The Balaban J connectivity index is 1.85. The van der Waals surface area contributed by atoms with E-state index in [2.05, 4.69) is 21.2 Å². The number of anilines is 1. The molecule has 0 unspecified atom stereocenters. The maximum absolute atomic E-state index is 14.6. The lowest BCUT2D eigenvalue weighted by molar-refractivity contribution is -0.140. The molecule has 4 aromatic rings. The van der Waals surface area contributed by atoms with Gasteiger partial charge in [-0.3, -0.25) is 13.9 Å². The van der Waals surface area contributed by atoms with Gasteiger partial charge >= 0.3 is 0 Å². The third-order valence-corrected chi connectivity index (χ3v) is 9.86. The molecule has 4 aromatic carbocycles. The van der Waals surface area contributed by atoms with Crippen LogP contribution in [0.25, 0.3) is 0 Å². The Morgan fingerprint density at radius 1 is 0.844 bits per heavy atom. The topological polar surface area (TPSA) is 86.8 Å². The number of rotatable bonds is 11. The summed E-state index contributed by atoms with van der Waals surface area (Å²) in [5, 5.41) is 3.63. The second kappa shape index (κ2) is 14.8. The van der Waals surface area contributed by atoms with Crippen molar-refractivity contribution in [2.24, 2.45) is 0 Å². The molecule has 0 radical (unpaired) electrons. The van der Waals surface area contributed by atoms with E-state index in [1.54, 1.807) is 60.7 Å². The van der Waals surface area contributed by atoms with Crippen LogP contribution in [0.3, 0.4) is 0 Å². The van der Waals surface area contributed by atoms with E-state index >= 15 is 0 Å². The first kappa shape index (κ1) is 34.5. The van der Waals surface area contributed by atoms with Crippen LogP contribution in [0.1, 0.15) is 31.9 Å². The van der Waals surface area contributed by atoms with Crippen molar-refractivity contribution in [2.45, 2.75) is 50.2 Å². The van der Waals surface area contributed by atoms with Crippen molar-refractivity contribution in [3.63, 3.8) is 0 Å². The van der Waals surface area contributed by atoms with Crippen molar-refractivity contribution in [1.29, 1.82) is 0 Å². The quantitative estimate of drug-likeness (QED) is 0.173. The molecule has 0 aliphatic heterocycles. The van der Waals surface area contributed by atoms with Crippen LogP contribution in [0, 0.1) is 0 Å². The number of carbonyl (C=O) groups is 2. The second-order valence-corrected chi connectivity index (χ2v) is 15.1. The number of sulfonamides is 1. The Morgan fingerprint density at radius 3 is 2.00 bits per heavy atom. The van der Waals surface area contributed by atoms with E-state index in [1.807, 2.05) is 51.1 Å². The number of nitrogens with one attached hydrogen (secondary N) is 1. The van der Waals surface area contributed by atoms with E-state index in [1.165, 1.54) is 17.0 Å². The molecule has 0 saturated carbocycles. The predicted molar refractivity (Wildman–Crippen MR) is 184 cm³/mol. The van der Waals surface area contributed by atoms with Gasteiger partial charge in [-0.1, -0.05) is 99.8 Å². The van der Waals surface area contributed by atoms with Crippen LogP contribution in [0.15, 0.2) is 112 Å². The standard InChI is InChI=1S/C34H34BrCl2N3O4S/c1-34(2,3)38-33(42)31(20-24-12-6-4-7-13-24)39(22-28-29(36)18-11-19-30(28)37)32(41)23-40(26-15-10-14-25(35)21-26)45(43,44)27-16-8-5-9-17-27/h4-19,21,31H,20,22-23H2,1-3H3,(H,38,42)/t31-/m1/s1. The maximum Gasteiger partial charge on any atom is 0.264 e. The molecule has 45 heavy (non-hydrogen) atoms. The lowest BCUT2D eigenvalue weighted by Crippen LogP contribution is -2.56. The van der Waals surface area contributed by atoms with E-state index < -0.39 is 40.0 Å². The lowest BCUT2D eigenvalue weighted by Gasteiger charge is -2.35. The number of halogens is 3. The Kier molecular flexibility index (Phi) is 11.4. The highest BCUT2D eigenvalue weighted by atomic mass is 79.9. The highest BCUT2D eigenvalue weighted by molar-refractivity contribution is 9.10. The number of nitrogens with zero attached hydrogens (tertiary/aromatic N) is 2. The van der Waals surface area contributed by atoms with E-state index in [0.717, 1.165) is 9.87 Å². The minimum atomic E-state index is -4.21. The molecular weight excluding hydrogens is 697 g/mol. The van der Waals surface area contributed by atoms with Gasteiger partial charge in [0.05, 0.1) is 10.6 Å². The summed E-state index contributed by atoms with van der Waals surface area (Å²) in [5.74, 6) is -1.02. The summed E-state index contributed by atoms with van der Waals surface area (Å²) >= 11 is 16.5. The van der Waals surface area contributed by atoms with Gasteiger partial charge in [0.2, 0.25) is 11.8 Å². The molecule has 0 bridgehead atoms. The molecule has 1 N–H and O–H groups in total. The Bertz CT molecular complexity index is 1730. The van der Waals surface area contributed by atoms with Crippen LogP contribution < -0.4 is 9.62 Å². The van der Waals surface area contributed by atoms with Gasteiger partial charge in [-0.15, -0.1) is 0 Å². The largest absolute Gasteiger partial charge is 0.350 e. The van der Waals surface area contributed by atoms with Crippen LogP contribution in [0.2, 0.25) is 10.0 Å². The predicted octanol–water partition coefficient (Wildman–Crippen LogP) is 7.51. The number of carbonyl (C=O) groups excluding carboxylic acids is 2. The molecule has 0 spiro atoms. The van der Waals surface area contributed by atoms with Crippen LogP contribution in [0.4, 0.5) is 5.69 Å². The van der Waals surface area contributed by atoms with Gasteiger partial charge in [-0.25, -0.2) is 8.42 Å². The summed E-state index contributed by atoms with van der Waals surface area (Å²) in [6, 6.07) is 27.9. The Hall–Kier alpha value is -3.37. The van der Waals surface area contributed by atoms with Gasteiger partial charge in [0.1, 0.15) is 12.6 Å². The van der Waals surface area contributed by atoms with Crippen molar-refractivity contribution in [3.05, 3.63) is 129 Å². The van der Waals surface area contributed by atoms with Crippen molar-refractivity contribution in [2.75, 3.05) is 10.8 Å². The van der Waals surface area contributed by atoms with E-state index in [9.17, 15) is 18.0 Å². The van der Waals surface area contributed by atoms with Gasteiger partial charge in [0.25, 0.3) is 10.0 Å². The number of hydrogen-bond acceptors (Lipinski definition) is 4. The fraction of sp³-hybridized carbons (Fsp3) is 0.235. The molecule has 1 atom stereocenters. The van der Waals surface area contributed by atoms with Gasteiger partial charge in [-0.2, -0.15) is 0 Å². The van der Waals surface area contributed by atoms with Crippen LogP contribution >= 0.6 is 39.1 Å². The van der Waals surface area contributed by atoms with E-state index in [0.29, 0.717) is 20.1 Å². The van der Waals surface area contributed by atoms with Crippen LogP contribution in [-0.4, -0.2) is 43.3 Å². The summed E-state index contributed by atoms with van der Waals surface area (Å²) in [5.41, 5.74) is 0.920. The van der Waals surface area contributed by atoms with Crippen LogP contribution in [0.5, 0.6) is 0 Å². The molecule has 0 aromatic heterocycles. The third kappa shape index (κ3) is 9.10. The monoisotopic (exact) mass is 729 g/mol. The summed E-state index contributed by atoms with van der Waals surface area (Å²) in [7, 11) is -4.21. The minimum Gasteiger partial charge on any atom is -0.350 e. The first-order chi connectivity index (χ1) is 21.3. The smallest absolute Gasteiger partial charge is 0.264 e. The minimum absolute atomic E-state index is 0.0183. The van der Waals surface area contributed by atoms with Crippen LogP contribution in [-0.2, 0) is 32.6 Å². The molecule has 2 amide bonds. The first-order valence-corrected chi connectivity index (χ1v) is 17.2. The number of benzene rings is 4. The van der Waals surface area contributed by atoms with E-state index in [-0.39, 0.29) is 23.5 Å². The van der Waals surface area contributed by atoms with Crippen molar-refractivity contribution < 1.29 is 18.0 Å². The summed E-state index contributed by atoms with van der Waals surface area (Å²) in [4.78, 5) is 29.9. The van der Waals surface area contributed by atoms with Crippen molar-refractivity contribution in [1.82, 2.24) is 10.2 Å². The molecule has 0 saturated heterocycles. The fourth-order valence-electron chi connectivity index (χ4n) is 4.74. The van der Waals surface area contributed by atoms with Gasteiger partial charge < -0.3 is 10.2 Å². The highest BCUT2D eigenvalue weighted by Gasteiger charge is 2.36. The summed E-state index contributed by atoms with van der Waals surface area (Å²) in [6.07, 6.45) is 0.166. The van der Waals surface area contributed by atoms with Crippen molar-refractivity contribution >= 4 is 66.7 Å². The fourth-order valence-corrected chi connectivity index (χ4v) is 7.07. The van der Waals surface area contributed by atoms with E-state index in [4.69, 9.17) is 23.2 Å². The zero-order chi connectivity index (χ0) is 32.8. The van der Waals surface area contributed by atoms with Gasteiger partial charge in [-0.05, 0) is 68.8 Å². The first-order valence-electron chi connectivity index (χ1n) is 14.2. The number of hydrogen-bond donors (Lipinski definition) is 1. The highest BCUT2D eigenvalue weighted by Crippen LogP contribution is 2.30. The van der Waals surface area contributed by atoms with Gasteiger partial charge in [0, 0.05) is 38.6 Å². The molecular formula is C34H34BrCl2N3O4S. The van der Waals surface area contributed by atoms with Crippen molar-refractivity contribution in [3.8, 4) is 0 Å². The zero-order valence-corrected chi connectivity index (χ0v) is 29.0. The molecule has 4 rings (SSSR count). The molecule has 11 heteroatoms. The Labute approximate surface area is 283 Å². The third-order valence-electron chi connectivity index (χ3n) is 6.87. The average molecular weight is 732 g/mol. The molecule has 0 aliphatic rings. The molecule has 0 heterocycles. The number of amides is 2. The normalized spacial score (nSPS) is 12.3. The zero-order valence-electron chi connectivity index (χ0n) is 25.1. The maximum atomic E-state index is 14.6. The summed E-state index contributed by atoms with van der Waals surface area (Å²) < 4.78 is 29.8. The molecule has 7 nitrogen and oxygen atoms in total. The second-order valence-electron chi connectivity index (χ2n) is 11.5. The molecule has 236 valence electrons. The average Bonchev–Trinajstić information content (AvgIpc) is 2.99. The SMILES string of the molecule is CC(C)(C)NC(=O)[C@@H](Cc1ccccc1)N(Cc1c(Cl)cccc1Cl)C(=O)CN(c1cccc(Br)c1)S(=O)(=O)c1ccccc1. The lowest BCUT2D eigenvalue weighted by atomic mass is 10.0. The molecule has 0 aliphatic carbocycles. The Morgan fingerprint density at radius 2 is 1.42 bits per heavy atom.